The maximum absolute atomic E-state index is 9.60. The Hall–Kier alpha value is -2.42. The van der Waals surface area contributed by atoms with Crippen molar-refractivity contribution in [3.8, 4) is 0 Å². The number of aliphatic hydroxyl groups is 1. The number of nitrogens with zero attached hydrogens (tertiary/aromatic N) is 1. The third-order valence-corrected chi connectivity index (χ3v) is 6.88. The van der Waals surface area contributed by atoms with Crippen molar-refractivity contribution in [1.82, 2.24) is 4.90 Å². The minimum atomic E-state index is 0.217. The number of rotatable bonds is 8. The van der Waals surface area contributed by atoms with E-state index in [1.54, 1.807) is 0 Å². The highest BCUT2D eigenvalue weighted by Gasteiger charge is 2.29. The van der Waals surface area contributed by atoms with Crippen molar-refractivity contribution in [2.75, 3.05) is 19.7 Å². The van der Waals surface area contributed by atoms with E-state index in [1.807, 2.05) is 0 Å². The van der Waals surface area contributed by atoms with Crippen LogP contribution in [0.25, 0.3) is 5.57 Å². The largest absolute Gasteiger partial charge is 0.396 e. The van der Waals surface area contributed by atoms with Crippen LogP contribution >= 0.6 is 0 Å². The number of hydrogen-bond acceptors (Lipinski definition) is 2. The minimum Gasteiger partial charge on any atom is -0.396 e. The normalized spacial score (nSPS) is 17.8. The highest BCUT2D eigenvalue weighted by molar-refractivity contribution is 5.85. The summed E-state index contributed by atoms with van der Waals surface area (Å²) in [6.45, 7) is 9.24. The Balaban J connectivity index is 1.73. The van der Waals surface area contributed by atoms with E-state index in [-0.39, 0.29) is 6.61 Å². The first-order valence-electron chi connectivity index (χ1n) is 12.2. The molecular formula is C30H37NO. The first-order chi connectivity index (χ1) is 15.6. The zero-order valence-corrected chi connectivity index (χ0v) is 19.8. The summed E-state index contributed by atoms with van der Waals surface area (Å²) in [5.74, 6) is 0.649. The number of aliphatic hydroxyl groups excluding tert-OH is 1. The van der Waals surface area contributed by atoms with Gasteiger partial charge in [0, 0.05) is 31.7 Å². The Morgan fingerprint density at radius 2 is 1.62 bits per heavy atom. The van der Waals surface area contributed by atoms with Gasteiger partial charge in [-0.3, -0.25) is 4.90 Å². The lowest BCUT2D eigenvalue weighted by Gasteiger charge is -2.42. The topological polar surface area (TPSA) is 23.5 Å². The van der Waals surface area contributed by atoms with Gasteiger partial charge in [-0.2, -0.15) is 0 Å². The highest BCUT2D eigenvalue weighted by Crippen LogP contribution is 2.36. The van der Waals surface area contributed by atoms with Crippen molar-refractivity contribution < 1.29 is 5.11 Å². The summed E-state index contributed by atoms with van der Waals surface area (Å²) in [7, 11) is 0. The molecule has 4 rings (SSSR count). The molecule has 2 heteroatoms. The molecule has 2 aromatic rings. The Kier molecular flexibility index (Phi) is 7.44. The first-order valence-corrected chi connectivity index (χ1v) is 12.2. The fourth-order valence-electron chi connectivity index (χ4n) is 4.81. The molecule has 2 aliphatic rings. The van der Waals surface area contributed by atoms with E-state index in [2.05, 4.69) is 92.4 Å². The molecule has 1 saturated heterocycles. The van der Waals surface area contributed by atoms with Gasteiger partial charge in [-0.1, -0.05) is 72.3 Å². The van der Waals surface area contributed by atoms with Crippen LogP contribution in [0.2, 0.25) is 0 Å². The van der Waals surface area contributed by atoms with Crippen LogP contribution in [0, 0.1) is 6.92 Å². The number of likely N-dealkylation sites (tertiary alicyclic amines) is 1. The lowest BCUT2D eigenvalue weighted by atomic mass is 9.84. The molecule has 1 N–H and O–H groups in total. The first kappa shape index (κ1) is 22.8. The summed E-state index contributed by atoms with van der Waals surface area (Å²) in [6, 6.07) is 18.8. The molecule has 2 nitrogen and oxygen atoms in total. The van der Waals surface area contributed by atoms with Gasteiger partial charge in [-0.25, -0.2) is 0 Å². The zero-order valence-electron chi connectivity index (χ0n) is 19.8. The van der Waals surface area contributed by atoms with Crippen molar-refractivity contribution in [3.05, 3.63) is 100 Å². The van der Waals surface area contributed by atoms with Gasteiger partial charge in [0.1, 0.15) is 0 Å². The third kappa shape index (κ3) is 5.14. The summed E-state index contributed by atoms with van der Waals surface area (Å²) < 4.78 is 0. The molecule has 2 aromatic carbocycles. The number of aryl methyl sites for hydroxylation is 1. The molecule has 0 saturated carbocycles. The fraction of sp³-hybridized carbons (Fsp3) is 0.400. The summed E-state index contributed by atoms with van der Waals surface area (Å²) in [5, 5.41) is 9.60. The Morgan fingerprint density at radius 1 is 0.969 bits per heavy atom. The Bertz CT molecular complexity index is 986. The van der Waals surface area contributed by atoms with Crippen LogP contribution in [0.15, 0.2) is 77.9 Å². The van der Waals surface area contributed by atoms with Gasteiger partial charge >= 0.3 is 0 Å². The van der Waals surface area contributed by atoms with E-state index in [1.165, 1.54) is 39.0 Å². The van der Waals surface area contributed by atoms with E-state index < -0.39 is 0 Å². The summed E-state index contributed by atoms with van der Waals surface area (Å²) >= 11 is 0. The minimum absolute atomic E-state index is 0.217. The molecule has 0 spiro atoms. The Labute approximate surface area is 194 Å². The van der Waals surface area contributed by atoms with Gasteiger partial charge in [-0.15, -0.1) is 0 Å². The highest BCUT2D eigenvalue weighted by atomic mass is 16.2. The molecule has 0 atom stereocenters. The molecule has 32 heavy (non-hydrogen) atoms. The molecule has 0 unspecified atom stereocenters. The third-order valence-electron chi connectivity index (χ3n) is 6.88. The summed E-state index contributed by atoms with van der Waals surface area (Å²) in [5.41, 5.74) is 9.22. The van der Waals surface area contributed by atoms with E-state index in [0.29, 0.717) is 12.0 Å². The van der Waals surface area contributed by atoms with E-state index in [9.17, 15) is 5.11 Å². The van der Waals surface area contributed by atoms with Crippen molar-refractivity contribution in [3.63, 3.8) is 0 Å². The SMILES string of the molecule is Cc1ccc(/C(=C(\CCCO)C2=CCCC=C2)c2ccc(C3CN(C(C)C)C3)cc2)cc1. The van der Waals surface area contributed by atoms with Gasteiger partial charge < -0.3 is 5.11 Å². The van der Waals surface area contributed by atoms with Crippen LogP contribution in [0.3, 0.4) is 0 Å². The van der Waals surface area contributed by atoms with Crippen LogP contribution in [0.1, 0.15) is 67.7 Å². The van der Waals surface area contributed by atoms with Crippen LogP contribution in [-0.4, -0.2) is 35.7 Å². The Morgan fingerprint density at radius 3 is 2.19 bits per heavy atom. The molecule has 1 aliphatic heterocycles. The smallest absolute Gasteiger partial charge is 0.0434 e. The number of hydrogen-bond donors (Lipinski definition) is 1. The lowest BCUT2D eigenvalue weighted by molar-refractivity contribution is 0.110. The molecular weight excluding hydrogens is 390 g/mol. The standard InChI is InChI=1S/C30H37NO/c1-22(2)31-20-28(21-31)24-15-17-27(18-16-24)30(26-13-11-23(3)12-14-26)29(10-7-19-32)25-8-5-4-6-9-25/h5,8-9,11-18,22,28,32H,4,6-7,10,19-21H2,1-3H3/b30-29-. The fourth-order valence-corrected chi connectivity index (χ4v) is 4.81. The summed E-state index contributed by atoms with van der Waals surface area (Å²) in [4.78, 5) is 2.53. The second-order valence-corrected chi connectivity index (χ2v) is 9.55. The molecule has 1 fully saturated rings. The van der Waals surface area contributed by atoms with Crippen molar-refractivity contribution in [2.45, 2.75) is 58.4 Å². The average Bonchev–Trinajstić information content (AvgIpc) is 2.77. The maximum atomic E-state index is 9.60. The van der Waals surface area contributed by atoms with Gasteiger partial charge in [0.2, 0.25) is 0 Å². The second kappa shape index (κ2) is 10.5. The van der Waals surface area contributed by atoms with Crippen LogP contribution < -0.4 is 0 Å². The second-order valence-electron chi connectivity index (χ2n) is 9.55. The number of allylic oxidation sites excluding steroid dienone is 5. The molecule has 0 amide bonds. The maximum Gasteiger partial charge on any atom is 0.0434 e. The molecule has 1 aliphatic carbocycles. The molecule has 0 radical (unpaired) electrons. The van der Waals surface area contributed by atoms with Gasteiger partial charge in [0.25, 0.3) is 0 Å². The molecule has 0 bridgehead atoms. The quantitative estimate of drug-likeness (QED) is 0.509. The molecule has 1 heterocycles. The van der Waals surface area contributed by atoms with Crippen LogP contribution in [0.4, 0.5) is 0 Å². The van der Waals surface area contributed by atoms with Crippen molar-refractivity contribution in [2.24, 2.45) is 0 Å². The average molecular weight is 428 g/mol. The predicted octanol–water partition coefficient (Wildman–Crippen LogP) is 6.65. The van der Waals surface area contributed by atoms with Crippen LogP contribution in [0.5, 0.6) is 0 Å². The van der Waals surface area contributed by atoms with Crippen molar-refractivity contribution in [1.29, 1.82) is 0 Å². The van der Waals surface area contributed by atoms with E-state index >= 15 is 0 Å². The van der Waals surface area contributed by atoms with Crippen molar-refractivity contribution >= 4 is 5.57 Å². The van der Waals surface area contributed by atoms with Gasteiger partial charge in [0.05, 0.1) is 0 Å². The predicted molar refractivity (Wildman–Crippen MR) is 136 cm³/mol. The zero-order chi connectivity index (χ0) is 22.5. The monoisotopic (exact) mass is 427 g/mol. The lowest BCUT2D eigenvalue weighted by Crippen LogP contribution is -2.48. The van der Waals surface area contributed by atoms with E-state index in [0.717, 1.165) is 38.8 Å². The van der Waals surface area contributed by atoms with Crippen LogP contribution in [-0.2, 0) is 0 Å². The van der Waals surface area contributed by atoms with E-state index in [4.69, 9.17) is 0 Å². The summed E-state index contributed by atoms with van der Waals surface area (Å²) in [6.07, 6.45) is 10.8. The van der Waals surface area contributed by atoms with Gasteiger partial charge in [-0.05, 0) is 79.9 Å². The van der Waals surface area contributed by atoms with Gasteiger partial charge in [0.15, 0.2) is 0 Å². The molecule has 0 aromatic heterocycles. The number of benzene rings is 2. The molecule has 168 valence electrons.